The van der Waals surface area contributed by atoms with Crippen LogP contribution in [0.1, 0.15) is 49.7 Å². The first-order valence-corrected chi connectivity index (χ1v) is 13.5. The van der Waals surface area contributed by atoms with E-state index in [9.17, 15) is 4.79 Å². The summed E-state index contributed by atoms with van der Waals surface area (Å²) in [6.45, 7) is 8.89. The molecule has 3 nitrogen and oxygen atoms in total. The largest absolute Gasteiger partial charge is 0.544 e. The Hall–Kier alpha value is -1.13. The van der Waals surface area contributed by atoms with Crippen LogP contribution in [0.4, 0.5) is 0 Å². The van der Waals surface area contributed by atoms with E-state index in [1.165, 1.54) is 17.5 Å². The number of rotatable bonds is 3. The molecular weight excluding hydrogens is 340 g/mol. The molecule has 0 amide bonds. The molecule has 26 heavy (non-hydrogen) atoms. The summed E-state index contributed by atoms with van der Waals surface area (Å²) in [7, 11) is 0.201. The molecule has 0 aliphatic heterocycles. The highest BCUT2D eigenvalue weighted by Crippen LogP contribution is 2.60. The average molecular weight is 373 g/mol. The van der Waals surface area contributed by atoms with Crippen molar-refractivity contribution in [1.82, 2.24) is 0 Å². The number of fused-ring (bicyclic) bond motifs is 5. The van der Waals surface area contributed by atoms with Crippen molar-refractivity contribution < 1.29 is 14.0 Å². The summed E-state index contributed by atoms with van der Waals surface area (Å²) in [6, 6.07) is 6.76. The van der Waals surface area contributed by atoms with Gasteiger partial charge in [-0.15, -0.1) is 0 Å². The summed E-state index contributed by atoms with van der Waals surface area (Å²) in [5.41, 5.74) is 2.80. The van der Waals surface area contributed by atoms with Crippen LogP contribution < -0.4 is 4.43 Å². The molecule has 1 aromatic rings. The highest BCUT2D eigenvalue weighted by molar-refractivity contribution is 6.70. The first kappa shape index (κ1) is 18.2. The van der Waals surface area contributed by atoms with E-state index in [-0.39, 0.29) is 11.5 Å². The Morgan fingerprint density at radius 3 is 2.65 bits per heavy atom. The normalized spacial score (nSPS) is 36.3. The standard InChI is InChI=1S/C22H32O3Si/c1-22-11-10-17-16-9-7-15(25-26(3,4)5)12-14(16)6-8-18(17)21(22)19(24-2)13-20(22)23/h7,9,12,17-19,21H,6,8,10-11,13H2,1-5H3/t17-,18-,19-,21-,22-/m1/s1. The predicted molar refractivity (Wildman–Crippen MR) is 106 cm³/mol. The molecule has 142 valence electrons. The molecule has 5 atom stereocenters. The molecule has 0 radical (unpaired) electrons. The zero-order chi connectivity index (χ0) is 18.7. The number of methoxy groups -OCH3 is 1. The quantitative estimate of drug-likeness (QED) is 0.704. The van der Waals surface area contributed by atoms with Crippen molar-refractivity contribution in [2.75, 3.05) is 7.11 Å². The maximum Gasteiger partial charge on any atom is 0.242 e. The highest BCUT2D eigenvalue weighted by atomic mass is 28.4. The van der Waals surface area contributed by atoms with Crippen molar-refractivity contribution in [2.45, 2.75) is 70.7 Å². The van der Waals surface area contributed by atoms with Gasteiger partial charge in [0.2, 0.25) is 8.32 Å². The van der Waals surface area contributed by atoms with E-state index in [2.05, 4.69) is 44.8 Å². The molecule has 4 rings (SSSR count). The molecule has 0 unspecified atom stereocenters. The molecule has 1 aromatic carbocycles. The van der Waals surface area contributed by atoms with Gasteiger partial charge in [0.25, 0.3) is 0 Å². The van der Waals surface area contributed by atoms with Crippen LogP contribution in [0.25, 0.3) is 0 Å². The third-order valence-electron chi connectivity index (χ3n) is 7.10. The Morgan fingerprint density at radius 2 is 1.96 bits per heavy atom. The molecule has 0 aromatic heterocycles. The van der Waals surface area contributed by atoms with Crippen molar-refractivity contribution in [1.29, 1.82) is 0 Å². The summed E-state index contributed by atoms with van der Waals surface area (Å²) < 4.78 is 12.0. The van der Waals surface area contributed by atoms with E-state index in [0.717, 1.165) is 25.0 Å². The number of benzene rings is 1. The van der Waals surface area contributed by atoms with Crippen molar-refractivity contribution in [2.24, 2.45) is 17.3 Å². The van der Waals surface area contributed by atoms with Gasteiger partial charge in [0.15, 0.2) is 0 Å². The summed E-state index contributed by atoms with van der Waals surface area (Å²) in [5.74, 6) is 2.98. The highest BCUT2D eigenvalue weighted by Gasteiger charge is 2.59. The summed E-state index contributed by atoms with van der Waals surface area (Å²) >= 11 is 0. The molecule has 0 bridgehead atoms. The number of carbonyl (C=O) groups is 1. The first-order chi connectivity index (χ1) is 12.2. The number of aryl methyl sites for hydroxylation is 1. The van der Waals surface area contributed by atoms with Crippen LogP contribution >= 0.6 is 0 Å². The van der Waals surface area contributed by atoms with Crippen LogP contribution in [0.2, 0.25) is 19.6 Å². The molecule has 0 N–H and O–H groups in total. The minimum absolute atomic E-state index is 0.108. The zero-order valence-corrected chi connectivity index (χ0v) is 17.8. The van der Waals surface area contributed by atoms with Gasteiger partial charge in [-0.2, -0.15) is 0 Å². The van der Waals surface area contributed by atoms with Gasteiger partial charge < -0.3 is 9.16 Å². The number of carbonyl (C=O) groups excluding carboxylic acids is 1. The molecule has 0 saturated heterocycles. The van der Waals surface area contributed by atoms with Crippen LogP contribution in [-0.2, 0) is 16.0 Å². The summed E-state index contributed by atoms with van der Waals surface area (Å²) in [4.78, 5) is 12.7. The van der Waals surface area contributed by atoms with E-state index in [0.29, 0.717) is 30.0 Å². The van der Waals surface area contributed by atoms with Gasteiger partial charge in [-0.3, -0.25) is 4.79 Å². The predicted octanol–water partition coefficient (Wildman–Crippen LogP) is 4.95. The van der Waals surface area contributed by atoms with Crippen LogP contribution in [-0.4, -0.2) is 27.3 Å². The number of hydrogen-bond acceptors (Lipinski definition) is 3. The Kier molecular flexibility index (Phi) is 4.35. The average Bonchev–Trinajstić information content (AvgIpc) is 2.84. The van der Waals surface area contributed by atoms with Crippen LogP contribution in [0.15, 0.2) is 18.2 Å². The minimum atomic E-state index is -1.58. The van der Waals surface area contributed by atoms with Crippen molar-refractivity contribution >= 4 is 14.1 Å². The topological polar surface area (TPSA) is 35.5 Å². The molecule has 3 aliphatic rings. The second kappa shape index (κ2) is 6.20. The van der Waals surface area contributed by atoms with Gasteiger partial charge in [-0.05, 0) is 80.4 Å². The van der Waals surface area contributed by atoms with Crippen molar-refractivity contribution in [3.63, 3.8) is 0 Å². The summed E-state index contributed by atoms with van der Waals surface area (Å²) in [6.07, 6.45) is 5.11. The Morgan fingerprint density at radius 1 is 1.19 bits per heavy atom. The first-order valence-electron chi connectivity index (χ1n) is 10.1. The monoisotopic (exact) mass is 372 g/mol. The fourth-order valence-corrected chi connectivity index (χ4v) is 6.84. The lowest BCUT2D eigenvalue weighted by molar-refractivity contribution is -0.129. The molecule has 2 saturated carbocycles. The lowest BCUT2D eigenvalue weighted by atomic mass is 9.55. The smallest absolute Gasteiger partial charge is 0.242 e. The van der Waals surface area contributed by atoms with E-state index in [1.807, 2.05) is 0 Å². The molecule has 3 aliphatic carbocycles. The minimum Gasteiger partial charge on any atom is -0.544 e. The lowest BCUT2D eigenvalue weighted by Crippen LogP contribution is -2.45. The maximum absolute atomic E-state index is 12.7. The van der Waals surface area contributed by atoms with E-state index in [4.69, 9.17) is 9.16 Å². The molecule has 2 fully saturated rings. The van der Waals surface area contributed by atoms with E-state index < -0.39 is 8.32 Å². The fraction of sp³-hybridized carbons (Fsp3) is 0.682. The van der Waals surface area contributed by atoms with E-state index >= 15 is 0 Å². The number of ether oxygens (including phenoxy) is 1. The summed E-state index contributed by atoms with van der Waals surface area (Å²) in [5, 5.41) is 0. The van der Waals surface area contributed by atoms with Gasteiger partial charge in [-0.1, -0.05) is 13.0 Å². The van der Waals surface area contributed by atoms with Gasteiger partial charge in [0.1, 0.15) is 11.5 Å². The Balaban J connectivity index is 1.65. The van der Waals surface area contributed by atoms with Gasteiger partial charge in [0, 0.05) is 24.9 Å². The van der Waals surface area contributed by atoms with Crippen LogP contribution in [0, 0.1) is 17.3 Å². The lowest BCUT2D eigenvalue weighted by Gasteiger charge is -2.49. The van der Waals surface area contributed by atoms with Crippen molar-refractivity contribution in [3.8, 4) is 5.75 Å². The molecular formula is C22H32O3Si. The van der Waals surface area contributed by atoms with Crippen LogP contribution in [0.5, 0.6) is 5.75 Å². The van der Waals surface area contributed by atoms with Crippen LogP contribution in [0.3, 0.4) is 0 Å². The zero-order valence-electron chi connectivity index (χ0n) is 16.8. The van der Waals surface area contributed by atoms with Gasteiger partial charge >= 0.3 is 0 Å². The molecule has 0 heterocycles. The van der Waals surface area contributed by atoms with Gasteiger partial charge in [0.05, 0.1) is 6.10 Å². The third kappa shape index (κ3) is 2.86. The Bertz CT molecular complexity index is 723. The van der Waals surface area contributed by atoms with Crippen molar-refractivity contribution in [3.05, 3.63) is 29.3 Å². The van der Waals surface area contributed by atoms with E-state index in [1.54, 1.807) is 7.11 Å². The second-order valence-electron chi connectivity index (χ2n) is 9.77. The molecule has 0 spiro atoms. The number of ketones is 1. The second-order valence-corrected chi connectivity index (χ2v) is 14.2. The Labute approximate surface area is 158 Å². The third-order valence-corrected chi connectivity index (χ3v) is 7.95. The fourth-order valence-electron chi connectivity index (χ4n) is 6.01. The molecule has 4 heteroatoms. The van der Waals surface area contributed by atoms with Gasteiger partial charge in [-0.25, -0.2) is 0 Å². The SMILES string of the molecule is CO[C@@H]1CC(=O)[C@@]2(C)CC[C@@H]3c4ccc(O[Si](C)(C)C)cc4CC[C@H]3[C@H]12. The number of Topliss-reactive ketones (excluding diaryl/α,β-unsaturated/α-hetero) is 1. The number of hydrogen-bond donors (Lipinski definition) is 0. The maximum atomic E-state index is 12.7.